The van der Waals surface area contributed by atoms with E-state index in [2.05, 4.69) is 0 Å². The quantitative estimate of drug-likeness (QED) is 0.915. The van der Waals surface area contributed by atoms with Crippen molar-refractivity contribution in [2.75, 3.05) is 6.54 Å². The molecule has 0 saturated heterocycles. The third kappa shape index (κ3) is 3.09. The van der Waals surface area contributed by atoms with Crippen molar-refractivity contribution >= 4 is 0 Å². The van der Waals surface area contributed by atoms with Gasteiger partial charge in [0.15, 0.2) is 11.6 Å². The summed E-state index contributed by atoms with van der Waals surface area (Å²) in [6.45, 7) is 2.37. The number of halogens is 2. The molecule has 0 amide bonds. The first-order valence-corrected chi connectivity index (χ1v) is 6.03. The predicted molar refractivity (Wildman–Crippen MR) is 70.4 cm³/mol. The summed E-state index contributed by atoms with van der Waals surface area (Å²) in [5.74, 6) is -1.51. The summed E-state index contributed by atoms with van der Waals surface area (Å²) in [6, 6.07) is 9.47. The van der Waals surface area contributed by atoms with Crippen molar-refractivity contribution in [1.29, 1.82) is 0 Å². The van der Waals surface area contributed by atoms with E-state index in [1.807, 2.05) is 19.1 Å². The first-order valence-electron chi connectivity index (χ1n) is 6.03. The second-order valence-electron chi connectivity index (χ2n) is 4.29. The highest BCUT2D eigenvalue weighted by Gasteiger charge is 2.11. The van der Waals surface area contributed by atoms with E-state index in [4.69, 9.17) is 10.5 Å². The van der Waals surface area contributed by atoms with Crippen LogP contribution in [0.25, 0.3) is 0 Å². The zero-order valence-electron chi connectivity index (χ0n) is 10.6. The van der Waals surface area contributed by atoms with Crippen molar-refractivity contribution in [3.05, 3.63) is 59.2 Å². The van der Waals surface area contributed by atoms with E-state index < -0.39 is 11.6 Å². The SMILES string of the molecule is Cc1ccc(CCN)cc1Oc1cccc(F)c1F. The lowest BCUT2D eigenvalue weighted by Gasteiger charge is -2.11. The number of hydrogen-bond acceptors (Lipinski definition) is 2. The summed E-state index contributed by atoms with van der Waals surface area (Å²) in [5.41, 5.74) is 7.35. The maximum atomic E-state index is 13.5. The van der Waals surface area contributed by atoms with Gasteiger partial charge in [-0.3, -0.25) is 0 Å². The van der Waals surface area contributed by atoms with E-state index in [9.17, 15) is 8.78 Å². The predicted octanol–water partition coefficient (Wildman–Crippen LogP) is 3.57. The van der Waals surface area contributed by atoms with Crippen molar-refractivity contribution in [3.8, 4) is 11.5 Å². The Hall–Kier alpha value is -1.94. The molecule has 0 aliphatic carbocycles. The summed E-state index contributed by atoms with van der Waals surface area (Å²) >= 11 is 0. The van der Waals surface area contributed by atoms with Gasteiger partial charge in [0.05, 0.1) is 0 Å². The second-order valence-corrected chi connectivity index (χ2v) is 4.29. The fourth-order valence-corrected chi connectivity index (χ4v) is 1.76. The third-order valence-corrected chi connectivity index (χ3v) is 2.82. The Bertz CT molecular complexity index is 584. The Morgan fingerprint density at radius 1 is 1.11 bits per heavy atom. The molecule has 2 N–H and O–H groups in total. The van der Waals surface area contributed by atoms with Crippen LogP contribution in [0.3, 0.4) is 0 Å². The van der Waals surface area contributed by atoms with Crippen LogP contribution in [0.15, 0.2) is 36.4 Å². The highest BCUT2D eigenvalue weighted by Crippen LogP contribution is 2.29. The Morgan fingerprint density at radius 3 is 2.63 bits per heavy atom. The molecule has 0 spiro atoms. The Balaban J connectivity index is 2.32. The van der Waals surface area contributed by atoms with Crippen LogP contribution in [0, 0.1) is 18.6 Å². The number of hydrogen-bond donors (Lipinski definition) is 1. The average molecular weight is 263 g/mol. The number of nitrogens with two attached hydrogens (primary N) is 1. The van der Waals surface area contributed by atoms with E-state index in [-0.39, 0.29) is 5.75 Å². The second kappa shape index (κ2) is 5.80. The van der Waals surface area contributed by atoms with Crippen molar-refractivity contribution in [1.82, 2.24) is 0 Å². The summed E-state index contributed by atoms with van der Waals surface area (Å²) in [4.78, 5) is 0. The molecule has 0 aromatic heterocycles. The monoisotopic (exact) mass is 263 g/mol. The molecule has 2 aromatic carbocycles. The van der Waals surface area contributed by atoms with E-state index in [1.165, 1.54) is 12.1 Å². The molecule has 0 bridgehead atoms. The molecule has 2 rings (SSSR count). The van der Waals surface area contributed by atoms with E-state index in [0.29, 0.717) is 18.7 Å². The van der Waals surface area contributed by atoms with E-state index in [0.717, 1.165) is 17.2 Å². The van der Waals surface area contributed by atoms with Gasteiger partial charge in [0.1, 0.15) is 5.75 Å². The third-order valence-electron chi connectivity index (χ3n) is 2.82. The fraction of sp³-hybridized carbons (Fsp3) is 0.200. The standard InChI is InChI=1S/C15H15F2NO/c1-10-5-6-11(7-8-18)9-14(10)19-13-4-2-3-12(16)15(13)17/h2-6,9H,7-8,18H2,1H3. The minimum absolute atomic E-state index is 0.118. The molecule has 0 fully saturated rings. The average Bonchev–Trinajstić information content (AvgIpc) is 2.39. The molecule has 2 nitrogen and oxygen atoms in total. The van der Waals surface area contributed by atoms with Crippen molar-refractivity contribution in [2.24, 2.45) is 5.73 Å². The van der Waals surface area contributed by atoms with Gasteiger partial charge in [-0.25, -0.2) is 4.39 Å². The van der Waals surface area contributed by atoms with Crippen molar-refractivity contribution in [3.63, 3.8) is 0 Å². The molecule has 100 valence electrons. The highest BCUT2D eigenvalue weighted by molar-refractivity contribution is 5.40. The molecule has 0 aliphatic heterocycles. The maximum Gasteiger partial charge on any atom is 0.201 e. The number of ether oxygens (including phenoxy) is 1. The summed E-state index contributed by atoms with van der Waals surface area (Å²) < 4.78 is 32.1. The molecule has 0 aliphatic rings. The van der Waals surface area contributed by atoms with Crippen LogP contribution < -0.4 is 10.5 Å². The molecule has 19 heavy (non-hydrogen) atoms. The van der Waals surface area contributed by atoms with Crippen LogP contribution in [-0.4, -0.2) is 6.54 Å². The first-order chi connectivity index (χ1) is 9.11. The zero-order chi connectivity index (χ0) is 13.8. The van der Waals surface area contributed by atoms with Gasteiger partial charge in [-0.05, 0) is 49.2 Å². The van der Waals surface area contributed by atoms with Crippen LogP contribution in [-0.2, 0) is 6.42 Å². The number of benzene rings is 2. The number of aryl methyl sites for hydroxylation is 1. The van der Waals surface area contributed by atoms with Crippen LogP contribution in [0.1, 0.15) is 11.1 Å². The van der Waals surface area contributed by atoms with Crippen molar-refractivity contribution in [2.45, 2.75) is 13.3 Å². The lowest BCUT2D eigenvalue weighted by molar-refractivity contribution is 0.414. The molecule has 0 heterocycles. The van der Waals surface area contributed by atoms with Gasteiger partial charge in [0.25, 0.3) is 0 Å². The van der Waals surface area contributed by atoms with Crippen molar-refractivity contribution < 1.29 is 13.5 Å². The Labute approximate surface area is 110 Å². The molecule has 0 saturated carbocycles. The Morgan fingerprint density at radius 2 is 1.89 bits per heavy atom. The van der Waals surface area contributed by atoms with Gasteiger partial charge >= 0.3 is 0 Å². The lowest BCUT2D eigenvalue weighted by atomic mass is 10.1. The molecule has 4 heteroatoms. The summed E-state index contributed by atoms with van der Waals surface area (Å²) in [5, 5.41) is 0. The van der Waals surface area contributed by atoms with Crippen LogP contribution in [0.2, 0.25) is 0 Å². The topological polar surface area (TPSA) is 35.2 Å². The van der Waals surface area contributed by atoms with Gasteiger partial charge in [0, 0.05) is 0 Å². The summed E-state index contributed by atoms with van der Waals surface area (Å²) in [6.07, 6.45) is 0.711. The van der Waals surface area contributed by atoms with Gasteiger partial charge in [-0.15, -0.1) is 0 Å². The van der Waals surface area contributed by atoms with Crippen LogP contribution in [0.4, 0.5) is 8.78 Å². The zero-order valence-corrected chi connectivity index (χ0v) is 10.6. The Kier molecular flexibility index (Phi) is 4.12. The maximum absolute atomic E-state index is 13.5. The van der Waals surface area contributed by atoms with Gasteiger partial charge in [-0.2, -0.15) is 4.39 Å². The fourth-order valence-electron chi connectivity index (χ4n) is 1.76. The largest absolute Gasteiger partial charge is 0.454 e. The smallest absolute Gasteiger partial charge is 0.201 e. The van der Waals surface area contributed by atoms with Crippen LogP contribution in [0.5, 0.6) is 11.5 Å². The lowest BCUT2D eigenvalue weighted by Crippen LogP contribution is -2.03. The molecule has 0 radical (unpaired) electrons. The molecular weight excluding hydrogens is 248 g/mol. The van der Waals surface area contributed by atoms with E-state index >= 15 is 0 Å². The molecule has 2 aromatic rings. The summed E-state index contributed by atoms with van der Waals surface area (Å²) in [7, 11) is 0. The van der Waals surface area contributed by atoms with Crippen LogP contribution >= 0.6 is 0 Å². The number of rotatable bonds is 4. The molecule has 0 unspecified atom stereocenters. The van der Waals surface area contributed by atoms with Gasteiger partial charge in [-0.1, -0.05) is 18.2 Å². The minimum Gasteiger partial charge on any atom is -0.454 e. The van der Waals surface area contributed by atoms with Gasteiger partial charge in [0.2, 0.25) is 5.82 Å². The molecular formula is C15H15F2NO. The molecule has 0 atom stereocenters. The highest BCUT2D eigenvalue weighted by atomic mass is 19.2. The minimum atomic E-state index is -0.980. The normalized spacial score (nSPS) is 10.5. The van der Waals surface area contributed by atoms with Gasteiger partial charge < -0.3 is 10.5 Å². The van der Waals surface area contributed by atoms with E-state index in [1.54, 1.807) is 6.07 Å². The first kappa shape index (κ1) is 13.5.